The largest absolute Gasteiger partial charge is 0.372 e. The molecule has 0 aliphatic rings. The van der Waals surface area contributed by atoms with E-state index in [1.807, 2.05) is 0 Å². The minimum absolute atomic E-state index is 0.250. The molecular weight excluding hydrogens is 216 g/mol. The van der Waals surface area contributed by atoms with Gasteiger partial charge in [-0.3, -0.25) is 9.59 Å². The number of hydrogen-bond acceptors (Lipinski definition) is 2. The summed E-state index contributed by atoms with van der Waals surface area (Å²) in [6.07, 6.45) is 1.45. The van der Waals surface area contributed by atoms with Crippen LogP contribution >= 0.6 is 0 Å². The molecule has 0 saturated heterocycles. The smallest absolute Gasteiger partial charge is 0.214 e. The normalized spacial score (nSPS) is 8.24. The summed E-state index contributed by atoms with van der Waals surface area (Å²) in [5, 5.41) is 0. The van der Waals surface area contributed by atoms with Gasteiger partial charge in [-0.15, -0.1) is 0 Å². The van der Waals surface area contributed by atoms with Gasteiger partial charge in [-0.2, -0.15) is 0 Å². The van der Waals surface area contributed by atoms with Gasteiger partial charge in [-0.25, -0.2) is 0 Å². The average molecular weight is 238 g/mol. The molecule has 0 aromatic heterocycles. The zero-order valence-corrected chi connectivity index (χ0v) is 10.7. The lowest BCUT2D eigenvalue weighted by atomic mass is 10.0. The molecule has 2 amide bonds. The van der Waals surface area contributed by atoms with Crippen molar-refractivity contribution in [2.75, 3.05) is 0 Å². The highest BCUT2D eigenvalue weighted by Crippen LogP contribution is 2.05. The second-order valence-electron chi connectivity index (χ2n) is 3.83. The van der Waals surface area contributed by atoms with Crippen LogP contribution in [0, 0.1) is 5.92 Å². The van der Waals surface area contributed by atoms with Crippen molar-refractivity contribution < 1.29 is 9.59 Å². The number of benzene rings is 1. The Hall–Kier alpha value is -1.84. The van der Waals surface area contributed by atoms with Crippen LogP contribution in [-0.4, -0.2) is 12.3 Å². The first-order valence-electron chi connectivity index (χ1n) is 5.39. The van der Waals surface area contributed by atoms with Crippen molar-refractivity contribution >= 4 is 12.3 Å². The number of carbonyl (C=O) groups excluding carboxylic acids is 2. The Morgan fingerprint density at radius 1 is 1.29 bits per heavy atom. The molecule has 17 heavy (non-hydrogen) atoms. The van der Waals surface area contributed by atoms with Crippen LogP contribution in [0.25, 0.3) is 0 Å². The summed E-state index contributed by atoms with van der Waals surface area (Å²) in [7, 11) is 0. The first-order valence-corrected chi connectivity index (χ1v) is 5.39. The first kappa shape index (κ1) is 17.6. The highest BCUT2D eigenvalue weighted by Gasteiger charge is 1.94. The number of hydrogen-bond donors (Lipinski definition) is 2. The Bertz CT molecular complexity index is 294. The average Bonchev–Trinajstić information content (AvgIpc) is 2.18. The molecule has 0 spiro atoms. The molecule has 4 nitrogen and oxygen atoms in total. The summed E-state index contributed by atoms with van der Waals surface area (Å²) in [5.41, 5.74) is 10.1. The van der Waals surface area contributed by atoms with Crippen LogP contribution in [0.4, 0.5) is 0 Å². The fourth-order valence-corrected chi connectivity index (χ4v) is 1.09. The summed E-state index contributed by atoms with van der Waals surface area (Å²) >= 11 is 0. The van der Waals surface area contributed by atoms with Gasteiger partial charge < -0.3 is 11.5 Å². The Balaban J connectivity index is 0. The van der Waals surface area contributed by atoms with Gasteiger partial charge in [-0.05, 0) is 17.9 Å². The van der Waals surface area contributed by atoms with Gasteiger partial charge in [0.1, 0.15) is 0 Å². The molecule has 0 saturated carbocycles. The maximum absolute atomic E-state index is 9.22. The third kappa shape index (κ3) is 20.3. The van der Waals surface area contributed by atoms with Crippen molar-refractivity contribution in [3.8, 4) is 0 Å². The highest BCUT2D eigenvalue weighted by molar-refractivity contribution is 5.70. The molecule has 0 aliphatic carbocycles. The zero-order chi connectivity index (χ0) is 13.7. The molecule has 4 heteroatoms. The monoisotopic (exact) mass is 238 g/mol. The van der Waals surface area contributed by atoms with E-state index in [4.69, 9.17) is 4.79 Å². The van der Waals surface area contributed by atoms with Gasteiger partial charge in [-0.1, -0.05) is 44.2 Å². The molecular formula is C13H22N2O2. The third-order valence-electron chi connectivity index (χ3n) is 1.49. The van der Waals surface area contributed by atoms with Crippen molar-refractivity contribution in [1.29, 1.82) is 0 Å². The van der Waals surface area contributed by atoms with Crippen LogP contribution in [0.5, 0.6) is 0 Å². The molecule has 0 heterocycles. The summed E-state index contributed by atoms with van der Waals surface area (Å²) in [6.45, 7) is 5.79. The maximum atomic E-state index is 9.22. The molecule has 0 atom stereocenters. The standard InChI is InChI=1S/C10H14.C2H5NO.CH3NO/c1-9(2)8-10-6-4-3-5-7-10;1-2(3)4;2-1-3/h3-7,9H,8H2,1-2H3;1H3,(H2,3,4);1H,(H2,2,3). The van der Waals surface area contributed by atoms with E-state index in [0.717, 1.165) is 5.92 Å². The zero-order valence-electron chi connectivity index (χ0n) is 10.7. The SMILES string of the molecule is CC(C)Cc1ccccc1.CC(N)=O.NC=O. The molecule has 0 bridgehead atoms. The van der Waals surface area contributed by atoms with Crippen LogP contribution in [0.2, 0.25) is 0 Å². The topological polar surface area (TPSA) is 86.2 Å². The quantitative estimate of drug-likeness (QED) is 0.764. The lowest BCUT2D eigenvalue weighted by Gasteiger charge is -2.02. The van der Waals surface area contributed by atoms with Crippen LogP contribution in [0.3, 0.4) is 0 Å². The fraction of sp³-hybridized carbons (Fsp3) is 0.385. The number of amides is 2. The van der Waals surface area contributed by atoms with E-state index in [1.165, 1.54) is 18.9 Å². The first-order chi connectivity index (χ1) is 7.93. The molecule has 0 radical (unpaired) electrons. The summed E-state index contributed by atoms with van der Waals surface area (Å²) < 4.78 is 0. The van der Waals surface area contributed by atoms with Gasteiger partial charge >= 0.3 is 0 Å². The highest BCUT2D eigenvalue weighted by atomic mass is 16.1. The Kier molecular flexibility index (Phi) is 12.6. The van der Waals surface area contributed by atoms with Crippen molar-refractivity contribution in [2.45, 2.75) is 27.2 Å². The molecule has 4 N–H and O–H groups in total. The van der Waals surface area contributed by atoms with E-state index in [1.54, 1.807) is 0 Å². The van der Waals surface area contributed by atoms with Crippen molar-refractivity contribution in [2.24, 2.45) is 17.4 Å². The molecule has 0 aliphatic heterocycles. The van der Waals surface area contributed by atoms with Crippen molar-refractivity contribution in [3.63, 3.8) is 0 Å². The maximum Gasteiger partial charge on any atom is 0.214 e. The molecule has 0 unspecified atom stereocenters. The molecule has 96 valence electrons. The molecule has 1 aromatic carbocycles. The van der Waals surface area contributed by atoms with Crippen molar-refractivity contribution in [1.82, 2.24) is 0 Å². The van der Waals surface area contributed by atoms with Crippen molar-refractivity contribution in [3.05, 3.63) is 35.9 Å². The van der Waals surface area contributed by atoms with E-state index in [9.17, 15) is 4.79 Å². The van der Waals surface area contributed by atoms with Gasteiger partial charge in [0.25, 0.3) is 0 Å². The van der Waals surface area contributed by atoms with Gasteiger partial charge in [0, 0.05) is 6.92 Å². The van der Waals surface area contributed by atoms with Gasteiger partial charge in [0.2, 0.25) is 12.3 Å². The minimum Gasteiger partial charge on any atom is -0.372 e. The minimum atomic E-state index is -0.333. The van der Waals surface area contributed by atoms with Gasteiger partial charge in [0.15, 0.2) is 0 Å². The van der Waals surface area contributed by atoms with Crippen LogP contribution < -0.4 is 11.5 Å². The predicted molar refractivity (Wildman–Crippen MR) is 70.1 cm³/mol. The van der Waals surface area contributed by atoms with E-state index >= 15 is 0 Å². The second-order valence-corrected chi connectivity index (χ2v) is 3.83. The van der Waals surface area contributed by atoms with E-state index < -0.39 is 0 Å². The third-order valence-corrected chi connectivity index (χ3v) is 1.49. The fourth-order valence-electron chi connectivity index (χ4n) is 1.09. The van der Waals surface area contributed by atoms with E-state index in [2.05, 4.69) is 55.6 Å². The summed E-state index contributed by atoms with van der Waals surface area (Å²) in [4.78, 5) is 17.8. The Morgan fingerprint density at radius 3 is 1.94 bits per heavy atom. The second kappa shape index (κ2) is 12.2. The van der Waals surface area contributed by atoms with E-state index in [0.29, 0.717) is 0 Å². The number of carbonyl (C=O) groups is 2. The predicted octanol–water partition coefficient (Wildman–Crippen LogP) is 1.48. The summed E-state index contributed by atoms with van der Waals surface area (Å²) in [6, 6.07) is 10.6. The number of primary amides is 2. The Morgan fingerprint density at radius 2 is 1.65 bits per heavy atom. The molecule has 1 aromatic rings. The van der Waals surface area contributed by atoms with Crippen LogP contribution in [-0.2, 0) is 16.0 Å². The number of rotatable bonds is 2. The van der Waals surface area contributed by atoms with Gasteiger partial charge in [0.05, 0.1) is 0 Å². The summed E-state index contributed by atoms with van der Waals surface area (Å²) in [5.74, 6) is 0.433. The Labute approximate surface area is 103 Å². The lowest BCUT2D eigenvalue weighted by molar-refractivity contribution is -0.116. The number of nitrogens with two attached hydrogens (primary N) is 2. The lowest BCUT2D eigenvalue weighted by Crippen LogP contribution is -2.01. The van der Waals surface area contributed by atoms with Crippen LogP contribution in [0.1, 0.15) is 26.3 Å². The molecule has 1 rings (SSSR count). The van der Waals surface area contributed by atoms with E-state index in [-0.39, 0.29) is 12.3 Å². The van der Waals surface area contributed by atoms with Crippen LogP contribution in [0.15, 0.2) is 30.3 Å². The molecule has 0 fully saturated rings.